The summed E-state index contributed by atoms with van der Waals surface area (Å²) in [4.78, 5) is 24.0. The molecule has 0 fully saturated rings. The first-order valence-electron chi connectivity index (χ1n) is 8.19. The Morgan fingerprint density at radius 3 is 2.32 bits per heavy atom. The normalized spacial score (nSPS) is 13.9. The third kappa shape index (κ3) is 4.46. The highest BCUT2D eigenvalue weighted by molar-refractivity contribution is 6.05. The molecule has 28 heavy (non-hydrogen) atoms. The van der Waals surface area contributed by atoms with Gasteiger partial charge in [0.2, 0.25) is 0 Å². The molecule has 0 saturated carbocycles. The number of alkyl halides is 3. The first kappa shape index (κ1) is 19.3. The number of nitrogens with one attached hydrogen (secondary N) is 2. The summed E-state index contributed by atoms with van der Waals surface area (Å²) in [5.41, 5.74) is -0.789. The Bertz CT molecular complexity index is 977. The lowest BCUT2D eigenvalue weighted by molar-refractivity contribution is -0.138. The smallest absolute Gasteiger partial charge is 0.353 e. The van der Waals surface area contributed by atoms with Crippen molar-refractivity contribution in [3.8, 4) is 0 Å². The fourth-order valence-corrected chi connectivity index (χ4v) is 2.59. The largest absolute Gasteiger partial charge is 0.417 e. The van der Waals surface area contributed by atoms with Crippen molar-refractivity contribution >= 4 is 23.1 Å². The van der Waals surface area contributed by atoms with Gasteiger partial charge in [-0.2, -0.15) is 13.2 Å². The van der Waals surface area contributed by atoms with Crippen LogP contribution in [0.2, 0.25) is 0 Å². The fraction of sp³-hybridized carbons (Fsp3) is 0.100. The highest BCUT2D eigenvalue weighted by Crippen LogP contribution is 2.33. The van der Waals surface area contributed by atoms with E-state index in [0.29, 0.717) is 17.8 Å². The first-order valence-corrected chi connectivity index (χ1v) is 8.19. The van der Waals surface area contributed by atoms with Gasteiger partial charge in [-0.05, 0) is 48.5 Å². The maximum atomic E-state index is 13.2. The van der Waals surface area contributed by atoms with Gasteiger partial charge < -0.3 is 10.6 Å². The predicted molar refractivity (Wildman–Crippen MR) is 96.3 cm³/mol. The molecule has 1 aliphatic carbocycles. The summed E-state index contributed by atoms with van der Waals surface area (Å²) in [5.74, 6) is -2.17. The number of rotatable bonds is 4. The lowest BCUT2D eigenvalue weighted by Crippen LogP contribution is -2.19. The Kier molecular flexibility index (Phi) is 5.30. The second kappa shape index (κ2) is 7.67. The van der Waals surface area contributed by atoms with Gasteiger partial charge in [-0.3, -0.25) is 9.59 Å². The Balaban J connectivity index is 1.74. The quantitative estimate of drug-likeness (QED) is 0.729. The van der Waals surface area contributed by atoms with Gasteiger partial charge >= 0.3 is 6.18 Å². The molecule has 0 radical (unpaired) electrons. The van der Waals surface area contributed by atoms with Crippen molar-refractivity contribution in [1.29, 1.82) is 0 Å². The van der Waals surface area contributed by atoms with Crippen LogP contribution in [0.15, 0.2) is 66.4 Å². The van der Waals surface area contributed by atoms with Crippen LogP contribution in [0.3, 0.4) is 0 Å². The summed E-state index contributed by atoms with van der Waals surface area (Å²) < 4.78 is 52.3. The molecule has 0 atom stereocenters. The molecule has 4 nitrogen and oxygen atoms in total. The van der Waals surface area contributed by atoms with Crippen LogP contribution < -0.4 is 10.6 Å². The predicted octanol–water partition coefficient (Wildman–Crippen LogP) is 4.92. The summed E-state index contributed by atoms with van der Waals surface area (Å²) >= 11 is 0. The van der Waals surface area contributed by atoms with Gasteiger partial charge in [0.05, 0.1) is 16.8 Å². The highest BCUT2D eigenvalue weighted by Gasteiger charge is 2.35. The standard InChI is InChI=1S/C20H14F4N2O2/c21-12-5-10-15(16(11-12)20(22,23)24)19(28)26-14-8-6-13(7-9-14)25-17-3-1-2-4-18(17)27/h1-3,5-11,25H,4H2,(H,26,28). The molecule has 2 N–H and O–H groups in total. The van der Waals surface area contributed by atoms with Crippen LogP contribution in [-0.2, 0) is 11.0 Å². The van der Waals surface area contributed by atoms with Gasteiger partial charge in [0.1, 0.15) is 5.82 Å². The number of carbonyl (C=O) groups excluding carboxylic acids is 2. The SMILES string of the molecule is O=C1CC=CC=C1Nc1ccc(NC(=O)c2ccc(F)cc2C(F)(F)F)cc1. The molecule has 0 spiro atoms. The summed E-state index contributed by atoms with van der Waals surface area (Å²) in [6.07, 6.45) is 0.550. The number of amides is 1. The second-order valence-corrected chi connectivity index (χ2v) is 5.98. The van der Waals surface area contributed by atoms with Gasteiger partial charge in [-0.1, -0.05) is 12.2 Å². The van der Waals surface area contributed by atoms with E-state index in [0.717, 1.165) is 12.1 Å². The van der Waals surface area contributed by atoms with Crippen molar-refractivity contribution < 1.29 is 27.2 Å². The molecule has 1 aliphatic rings. The minimum atomic E-state index is -4.86. The van der Waals surface area contributed by atoms with E-state index < -0.39 is 29.0 Å². The van der Waals surface area contributed by atoms with Crippen molar-refractivity contribution in [3.63, 3.8) is 0 Å². The van der Waals surface area contributed by atoms with Crippen molar-refractivity contribution in [3.05, 3.63) is 83.3 Å². The Hall–Kier alpha value is -3.42. The van der Waals surface area contributed by atoms with Crippen LogP contribution in [0, 0.1) is 5.82 Å². The zero-order valence-electron chi connectivity index (χ0n) is 14.3. The summed E-state index contributed by atoms with van der Waals surface area (Å²) in [5, 5.41) is 5.28. The molecule has 0 heterocycles. The Morgan fingerprint density at radius 1 is 1.00 bits per heavy atom. The molecule has 0 aromatic heterocycles. The van der Waals surface area contributed by atoms with Crippen molar-refractivity contribution in [2.45, 2.75) is 12.6 Å². The number of carbonyl (C=O) groups is 2. The van der Waals surface area contributed by atoms with Crippen LogP contribution in [-0.4, -0.2) is 11.7 Å². The van der Waals surface area contributed by atoms with Crippen LogP contribution in [0.4, 0.5) is 28.9 Å². The number of ketones is 1. The van der Waals surface area contributed by atoms with E-state index in [1.54, 1.807) is 30.4 Å². The topological polar surface area (TPSA) is 58.2 Å². The van der Waals surface area contributed by atoms with Gasteiger partial charge in [0.25, 0.3) is 5.91 Å². The Labute approximate surface area is 157 Å². The molecule has 0 saturated heterocycles. The summed E-state index contributed by atoms with van der Waals surface area (Å²) in [7, 11) is 0. The highest BCUT2D eigenvalue weighted by atomic mass is 19.4. The van der Waals surface area contributed by atoms with E-state index in [1.165, 1.54) is 12.1 Å². The molecule has 3 rings (SSSR count). The molecular weight excluding hydrogens is 376 g/mol. The maximum absolute atomic E-state index is 13.2. The van der Waals surface area contributed by atoms with Gasteiger partial charge in [0, 0.05) is 17.8 Å². The average molecular weight is 390 g/mol. The number of halogens is 4. The van der Waals surface area contributed by atoms with E-state index in [1.807, 2.05) is 0 Å². The number of Topliss-reactive ketones (excluding diaryl/α,β-unsaturated/α-hetero) is 1. The van der Waals surface area contributed by atoms with E-state index in [9.17, 15) is 27.2 Å². The van der Waals surface area contributed by atoms with Crippen molar-refractivity contribution in [2.24, 2.45) is 0 Å². The van der Waals surface area contributed by atoms with Crippen molar-refractivity contribution in [2.75, 3.05) is 10.6 Å². The molecule has 144 valence electrons. The summed E-state index contributed by atoms with van der Waals surface area (Å²) in [6.45, 7) is 0. The Morgan fingerprint density at radius 2 is 1.68 bits per heavy atom. The van der Waals surface area contributed by atoms with Crippen LogP contribution in [0.1, 0.15) is 22.3 Å². The zero-order chi connectivity index (χ0) is 20.3. The number of allylic oxidation sites excluding steroid dienone is 4. The van der Waals surface area contributed by atoms with Gasteiger partial charge in [0.15, 0.2) is 5.78 Å². The van der Waals surface area contributed by atoms with Gasteiger partial charge in [-0.15, -0.1) is 0 Å². The molecule has 0 unspecified atom stereocenters. The molecular formula is C20H14F4N2O2. The second-order valence-electron chi connectivity index (χ2n) is 5.98. The molecule has 2 aromatic carbocycles. The van der Waals surface area contributed by atoms with E-state index >= 15 is 0 Å². The van der Waals surface area contributed by atoms with Crippen LogP contribution >= 0.6 is 0 Å². The average Bonchev–Trinajstić information content (AvgIpc) is 2.64. The van der Waals surface area contributed by atoms with Crippen molar-refractivity contribution in [1.82, 2.24) is 0 Å². The molecule has 1 amide bonds. The third-order valence-electron chi connectivity index (χ3n) is 3.96. The number of benzene rings is 2. The molecule has 0 bridgehead atoms. The van der Waals surface area contributed by atoms with Gasteiger partial charge in [-0.25, -0.2) is 4.39 Å². The fourth-order valence-electron chi connectivity index (χ4n) is 2.59. The number of hydrogen-bond acceptors (Lipinski definition) is 3. The van der Waals surface area contributed by atoms with Crippen LogP contribution in [0.5, 0.6) is 0 Å². The molecule has 8 heteroatoms. The molecule has 0 aliphatic heterocycles. The van der Waals surface area contributed by atoms with E-state index in [4.69, 9.17) is 0 Å². The van der Waals surface area contributed by atoms with E-state index in [2.05, 4.69) is 10.6 Å². The zero-order valence-corrected chi connectivity index (χ0v) is 14.3. The summed E-state index contributed by atoms with van der Waals surface area (Å²) in [6, 6.07) is 7.94. The maximum Gasteiger partial charge on any atom is 0.417 e. The minimum Gasteiger partial charge on any atom is -0.353 e. The van der Waals surface area contributed by atoms with Crippen LogP contribution in [0.25, 0.3) is 0 Å². The number of hydrogen-bond donors (Lipinski definition) is 2. The van der Waals surface area contributed by atoms with E-state index in [-0.39, 0.29) is 17.5 Å². The molecule has 2 aromatic rings. The lowest BCUT2D eigenvalue weighted by atomic mass is 10.1. The minimum absolute atomic E-state index is 0.0733. The third-order valence-corrected chi connectivity index (χ3v) is 3.96. The first-order chi connectivity index (χ1) is 13.2. The lowest BCUT2D eigenvalue weighted by Gasteiger charge is -2.14. The number of anilines is 2. The monoisotopic (exact) mass is 390 g/mol.